The molecule has 0 atom stereocenters. The van der Waals surface area contributed by atoms with Gasteiger partial charge in [0.1, 0.15) is 18.1 Å². The minimum absolute atomic E-state index is 0.229. The Bertz CT molecular complexity index is 1170. The number of hydrogen-bond acceptors (Lipinski definition) is 4. The number of amides is 1. The Morgan fingerprint density at radius 2 is 1.68 bits per heavy atom. The van der Waals surface area contributed by atoms with E-state index < -0.39 is 0 Å². The van der Waals surface area contributed by atoms with Gasteiger partial charge in [-0.2, -0.15) is 10.2 Å². The van der Waals surface area contributed by atoms with Crippen molar-refractivity contribution in [3.8, 4) is 22.7 Å². The number of benzene rings is 3. The summed E-state index contributed by atoms with van der Waals surface area (Å²) in [7, 11) is 0. The fourth-order valence-corrected chi connectivity index (χ4v) is 3.06. The van der Waals surface area contributed by atoms with Crippen LogP contribution in [0.5, 0.6) is 5.75 Å². The number of nitrogens with one attached hydrogen (secondary N) is 1. The Labute approximate surface area is 180 Å². The molecule has 3 aromatic carbocycles. The van der Waals surface area contributed by atoms with Crippen LogP contribution >= 0.6 is 0 Å². The lowest BCUT2D eigenvalue weighted by Gasteiger charge is -2.07. The molecule has 0 aliphatic rings. The number of aromatic nitrogens is 2. The molecule has 31 heavy (non-hydrogen) atoms. The van der Waals surface area contributed by atoms with Gasteiger partial charge in [0.05, 0.1) is 11.9 Å². The zero-order valence-electron chi connectivity index (χ0n) is 17.1. The molecule has 1 N–H and O–H groups in total. The smallest absolute Gasteiger partial charge is 0.236 e. The van der Waals surface area contributed by atoms with Crippen molar-refractivity contribution in [2.75, 3.05) is 0 Å². The Hall–Kier alpha value is -4.19. The second kappa shape index (κ2) is 9.54. The number of ether oxygens (including phenoxy) is 1. The summed E-state index contributed by atoms with van der Waals surface area (Å²) in [5, 5.41) is 8.76. The third kappa shape index (κ3) is 5.25. The van der Waals surface area contributed by atoms with Crippen molar-refractivity contribution in [3.63, 3.8) is 0 Å². The average Bonchev–Trinajstić information content (AvgIpc) is 3.23. The highest BCUT2D eigenvalue weighted by molar-refractivity contribution is 5.89. The van der Waals surface area contributed by atoms with Gasteiger partial charge in [0, 0.05) is 24.2 Å². The molecule has 0 saturated heterocycles. The van der Waals surface area contributed by atoms with Crippen LogP contribution in [0.15, 0.2) is 96.2 Å². The first-order chi connectivity index (χ1) is 15.2. The molecule has 1 aromatic heterocycles. The minimum Gasteiger partial charge on any atom is -0.489 e. The van der Waals surface area contributed by atoms with Crippen molar-refractivity contribution >= 4 is 12.1 Å². The molecule has 0 bridgehead atoms. The molecule has 0 aliphatic carbocycles. The summed E-state index contributed by atoms with van der Waals surface area (Å²) in [5.41, 5.74) is 6.95. The first-order valence-corrected chi connectivity index (χ1v) is 9.91. The zero-order valence-corrected chi connectivity index (χ0v) is 17.1. The van der Waals surface area contributed by atoms with Crippen molar-refractivity contribution in [1.29, 1.82) is 0 Å². The maximum absolute atomic E-state index is 11.2. The highest BCUT2D eigenvalue weighted by Gasteiger charge is 2.11. The van der Waals surface area contributed by atoms with E-state index in [1.165, 1.54) is 6.92 Å². The third-order valence-electron chi connectivity index (χ3n) is 4.56. The normalized spacial score (nSPS) is 10.9. The summed E-state index contributed by atoms with van der Waals surface area (Å²) in [5.74, 6) is 0.553. The molecule has 4 aromatic rings. The van der Waals surface area contributed by atoms with Crippen molar-refractivity contribution in [1.82, 2.24) is 15.2 Å². The van der Waals surface area contributed by atoms with Gasteiger partial charge in [-0.3, -0.25) is 4.79 Å². The van der Waals surface area contributed by atoms with E-state index in [0.29, 0.717) is 6.61 Å². The summed E-state index contributed by atoms with van der Waals surface area (Å²) in [6.45, 7) is 1.93. The van der Waals surface area contributed by atoms with Gasteiger partial charge >= 0.3 is 0 Å². The van der Waals surface area contributed by atoms with Crippen LogP contribution in [0.3, 0.4) is 0 Å². The molecule has 0 radical (unpaired) electrons. The first kappa shape index (κ1) is 20.1. The van der Waals surface area contributed by atoms with Crippen LogP contribution in [0.2, 0.25) is 0 Å². The maximum atomic E-state index is 11.2. The van der Waals surface area contributed by atoms with Crippen LogP contribution in [0, 0.1) is 0 Å². The predicted molar refractivity (Wildman–Crippen MR) is 121 cm³/mol. The van der Waals surface area contributed by atoms with Crippen LogP contribution in [0.25, 0.3) is 16.9 Å². The fraction of sp³-hybridized carbons (Fsp3) is 0.0800. The second-order valence-electron chi connectivity index (χ2n) is 6.94. The summed E-state index contributed by atoms with van der Waals surface area (Å²) in [4.78, 5) is 11.2. The van der Waals surface area contributed by atoms with Crippen LogP contribution in [-0.4, -0.2) is 21.9 Å². The molecular formula is C25H22N4O2. The van der Waals surface area contributed by atoms with E-state index in [9.17, 15) is 4.79 Å². The topological polar surface area (TPSA) is 68.5 Å². The molecule has 0 spiro atoms. The summed E-state index contributed by atoms with van der Waals surface area (Å²) < 4.78 is 7.68. The van der Waals surface area contributed by atoms with Crippen LogP contribution in [0.4, 0.5) is 0 Å². The lowest BCUT2D eigenvalue weighted by atomic mass is 10.1. The van der Waals surface area contributed by atoms with Crippen molar-refractivity contribution < 1.29 is 9.53 Å². The summed E-state index contributed by atoms with van der Waals surface area (Å²) in [6.07, 6.45) is 3.48. The van der Waals surface area contributed by atoms with Gasteiger partial charge in [0.2, 0.25) is 5.91 Å². The zero-order chi connectivity index (χ0) is 21.5. The second-order valence-corrected chi connectivity index (χ2v) is 6.94. The largest absolute Gasteiger partial charge is 0.489 e. The molecule has 0 aliphatic heterocycles. The molecule has 0 fully saturated rings. The fourth-order valence-electron chi connectivity index (χ4n) is 3.06. The number of para-hydroxylation sites is 1. The van der Waals surface area contributed by atoms with E-state index in [2.05, 4.69) is 10.5 Å². The van der Waals surface area contributed by atoms with E-state index in [-0.39, 0.29) is 5.91 Å². The monoisotopic (exact) mass is 410 g/mol. The molecule has 0 unspecified atom stereocenters. The molecule has 0 saturated carbocycles. The molecule has 4 rings (SSSR count). The molecule has 6 nitrogen and oxygen atoms in total. The molecule has 6 heteroatoms. The average molecular weight is 410 g/mol. The number of rotatable bonds is 7. The number of carbonyl (C=O) groups is 1. The Balaban J connectivity index is 1.58. The molecule has 1 amide bonds. The molecule has 1 heterocycles. The lowest BCUT2D eigenvalue weighted by Crippen LogP contribution is -2.12. The number of carbonyl (C=O) groups excluding carboxylic acids is 1. The number of hydrazone groups is 1. The van der Waals surface area contributed by atoms with E-state index in [0.717, 1.165) is 33.8 Å². The standard InChI is InChI=1S/C25H22N4O2/c1-19(30)27-26-16-22-17-29(23-10-6-3-7-11-23)28-25(22)21-12-14-24(15-13-21)31-18-20-8-4-2-5-9-20/h2-17H,18H2,1H3,(H,27,30). The lowest BCUT2D eigenvalue weighted by molar-refractivity contribution is -0.118. The Kier molecular flexibility index (Phi) is 6.18. The quantitative estimate of drug-likeness (QED) is 0.358. The summed E-state index contributed by atoms with van der Waals surface area (Å²) >= 11 is 0. The number of hydrogen-bond donors (Lipinski definition) is 1. The van der Waals surface area contributed by atoms with E-state index in [1.54, 1.807) is 10.9 Å². The predicted octanol–water partition coefficient (Wildman–Crippen LogP) is 4.59. The van der Waals surface area contributed by atoms with Crippen molar-refractivity contribution in [3.05, 3.63) is 102 Å². The summed E-state index contributed by atoms with van der Waals surface area (Å²) in [6, 6.07) is 27.7. The van der Waals surface area contributed by atoms with Gasteiger partial charge in [-0.15, -0.1) is 0 Å². The van der Waals surface area contributed by atoms with Gasteiger partial charge in [-0.25, -0.2) is 10.1 Å². The van der Waals surface area contributed by atoms with Gasteiger partial charge < -0.3 is 4.74 Å². The van der Waals surface area contributed by atoms with Gasteiger partial charge in [-0.1, -0.05) is 48.5 Å². The van der Waals surface area contributed by atoms with Crippen LogP contribution in [-0.2, 0) is 11.4 Å². The van der Waals surface area contributed by atoms with E-state index >= 15 is 0 Å². The van der Waals surface area contributed by atoms with Gasteiger partial charge in [0.25, 0.3) is 0 Å². The van der Waals surface area contributed by atoms with Gasteiger partial charge in [0.15, 0.2) is 0 Å². The Morgan fingerprint density at radius 1 is 1.00 bits per heavy atom. The van der Waals surface area contributed by atoms with Gasteiger partial charge in [-0.05, 0) is 42.0 Å². The van der Waals surface area contributed by atoms with E-state index in [1.807, 2.05) is 91.1 Å². The third-order valence-corrected chi connectivity index (χ3v) is 4.56. The van der Waals surface area contributed by atoms with E-state index in [4.69, 9.17) is 9.84 Å². The first-order valence-electron chi connectivity index (χ1n) is 9.91. The highest BCUT2D eigenvalue weighted by Crippen LogP contribution is 2.25. The van der Waals surface area contributed by atoms with Crippen molar-refractivity contribution in [2.45, 2.75) is 13.5 Å². The van der Waals surface area contributed by atoms with Crippen LogP contribution in [0.1, 0.15) is 18.1 Å². The Morgan fingerprint density at radius 3 is 2.35 bits per heavy atom. The minimum atomic E-state index is -0.229. The maximum Gasteiger partial charge on any atom is 0.236 e. The molecular weight excluding hydrogens is 388 g/mol. The van der Waals surface area contributed by atoms with Crippen LogP contribution < -0.4 is 10.2 Å². The SMILES string of the molecule is CC(=O)NN=Cc1cn(-c2ccccc2)nc1-c1ccc(OCc2ccccc2)cc1. The number of nitrogens with zero attached hydrogens (tertiary/aromatic N) is 3. The highest BCUT2D eigenvalue weighted by atomic mass is 16.5. The van der Waals surface area contributed by atoms with Crippen molar-refractivity contribution in [2.24, 2.45) is 5.10 Å². The molecule has 154 valence electrons.